The van der Waals surface area contributed by atoms with Gasteiger partial charge in [0, 0.05) is 18.7 Å². The van der Waals surface area contributed by atoms with Gasteiger partial charge in [0.05, 0.1) is 0 Å². The van der Waals surface area contributed by atoms with E-state index >= 15 is 0 Å². The van der Waals surface area contributed by atoms with Crippen LogP contribution in [0.2, 0.25) is 0 Å². The van der Waals surface area contributed by atoms with Crippen molar-refractivity contribution >= 4 is 16.7 Å². The van der Waals surface area contributed by atoms with E-state index in [9.17, 15) is 4.79 Å². The van der Waals surface area contributed by atoms with Gasteiger partial charge < -0.3 is 10.2 Å². The maximum atomic E-state index is 12.4. The van der Waals surface area contributed by atoms with Crippen LogP contribution in [0, 0.1) is 0 Å². The van der Waals surface area contributed by atoms with Crippen LogP contribution in [0.4, 0.5) is 0 Å². The highest BCUT2D eigenvalue weighted by molar-refractivity contribution is 6.07. The Morgan fingerprint density at radius 2 is 1.76 bits per heavy atom. The topological polar surface area (TPSA) is 32.3 Å². The first-order chi connectivity index (χ1) is 10.0. The van der Waals surface area contributed by atoms with Crippen molar-refractivity contribution in [1.82, 2.24) is 10.2 Å². The van der Waals surface area contributed by atoms with Crippen LogP contribution in [0.25, 0.3) is 10.8 Å². The smallest absolute Gasteiger partial charge is 0.251 e. The molecule has 2 rings (SSSR count). The van der Waals surface area contributed by atoms with Gasteiger partial charge in [0.2, 0.25) is 0 Å². The summed E-state index contributed by atoms with van der Waals surface area (Å²) >= 11 is 0. The highest BCUT2D eigenvalue weighted by Gasteiger charge is 2.13. The van der Waals surface area contributed by atoms with Gasteiger partial charge in [-0.3, -0.25) is 4.79 Å². The van der Waals surface area contributed by atoms with Gasteiger partial charge in [-0.15, -0.1) is 0 Å². The highest BCUT2D eigenvalue weighted by Crippen LogP contribution is 2.27. The summed E-state index contributed by atoms with van der Waals surface area (Å²) in [4.78, 5) is 14.4. The molecular formula is C18H24N2O. The van der Waals surface area contributed by atoms with E-state index in [1.54, 1.807) is 0 Å². The zero-order valence-corrected chi connectivity index (χ0v) is 13.3. The summed E-state index contributed by atoms with van der Waals surface area (Å²) in [6.45, 7) is 5.86. The van der Waals surface area contributed by atoms with Gasteiger partial charge in [0.1, 0.15) is 0 Å². The maximum absolute atomic E-state index is 12.4. The Hall–Kier alpha value is -1.87. The molecule has 3 nitrogen and oxygen atoms in total. The number of rotatable bonds is 5. The molecular weight excluding hydrogens is 260 g/mol. The number of benzene rings is 2. The number of likely N-dealkylation sites (N-methyl/N-ethyl adjacent to an activating group) is 1. The van der Waals surface area contributed by atoms with E-state index in [0.29, 0.717) is 12.5 Å². The second-order valence-corrected chi connectivity index (χ2v) is 5.96. The maximum Gasteiger partial charge on any atom is 0.251 e. The molecule has 1 amide bonds. The van der Waals surface area contributed by atoms with E-state index in [-0.39, 0.29) is 5.91 Å². The lowest BCUT2D eigenvalue weighted by Crippen LogP contribution is -2.31. The van der Waals surface area contributed by atoms with E-state index in [4.69, 9.17) is 0 Å². The van der Waals surface area contributed by atoms with Crippen LogP contribution in [0.15, 0.2) is 36.4 Å². The number of fused-ring (bicyclic) bond motifs is 1. The number of hydrogen-bond donors (Lipinski definition) is 1. The minimum absolute atomic E-state index is 0.00311. The van der Waals surface area contributed by atoms with Crippen molar-refractivity contribution in [3.05, 3.63) is 47.5 Å². The molecule has 0 aliphatic rings. The number of carbonyl (C=O) groups is 1. The van der Waals surface area contributed by atoms with Crippen LogP contribution in [0.1, 0.15) is 35.7 Å². The minimum Gasteiger partial charge on any atom is -0.351 e. The number of nitrogens with one attached hydrogen (secondary N) is 1. The van der Waals surface area contributed by atoms with Crippen LogP contribution in [-0.4, -0.2) is 38.0 Å². The molecule has 0 unspecified atom stereocenters. The first-order valence-corrected chi connectivity index (χ1v) is 7.45. The van der Waals surface area contributed by atoms with Gasteiger partial charge in [0.15, 0.2) is 0 Å². The summed E-state index contributed by atoms with van der Waals surface area (Å²) in [6, 6.07) is 12.2. The van der Waals surface area contributed by atoms with Gasteiger partial charge in [-0.05, 0) is 42.4 Å². The van der Waals surface area contributed by atoms with Crippen LogP contribution in [0.3, 0.4) is 0 Å². The van der Waals surface area contributed by atoms with Gasteiger partial charge >= 0.3 is 0 Å². The Kier molecular flexibility index (Phi) is 4.97. The zero-order valence-electron chi connectivity index (χ0n) is 13.3. The SMILES string of the molecule is CC(C)c1ccc(C(=O)NCCN(C)C)c2ccccc12. The fourth-order valence-electron chi connectivity index (χ4n) is 2.51. The van der Waals surface area contributed by atoms with Crippen molar-refractivity contribution in [2.45, 2.75) is 19.8 Å². The molecule has 0 aromatic heterocycles. The number of nitrogens with zero attached hydrogens (tertiary/aromatic N) is 1. The average Bonchev–Trinajstić information content (AvgIpc) is 2.45. The molecule has 0 radical (unpaired) electrons. The summed E-state index contributed by atoms with van der Waals surface area (Å²) in [5, 5.41) is 5.20. The van der Waals surface area contributed by atoms with Crippen LogP contribution in [0.5, 0.6) is 0 Å². The van der Waals surface area contributed by atoms with Crippen LogP contribution >= 0.6 is 0 Å². The molecule has 0 aliphatic carbocycles. The molecule has 0 spiro atoms. The minimum atomic E-state index is 0.00311. The third-order valence-electron chi connectivity index (χ3n) is 3.67. The van der Waals surface area contributed by atoms with E-state index in [2.05, 4.69) is 36.2 Å². The molecule has 3 heteroatoms. The first kappa shape index (κ1) is 15.5. The van der Waals surface area contributed by atoms with E-state index in [1.807, 2.05) is 38.4 Å². The average molecular weight is 284 g/mol. The lowest BCUT2D eigenvalue weighted by Gasteiger charge is -2.14. The predicted octanol–water partition coefficient (Wildman–Crippen LogP) is 3.25. The molecule has 0 heterocycles. The molecule has 0 atom stereocenters. The lowest BCUT2D eigenvalue weighted by molar-refractivity contribution is 0.0952. The molecule has 2 aromatic carbocycles. The van der Waals surface area contributed by atoms with Gasteiger partial charge in [-0.25, -0.2) is 0 Å². The summed E-state index contributed by atoms with van der Waals surface area (Å²) in [7, 11) is 4.00. The molecule has 112 valence electrons. The molecule has 21 heavy (non-hydrogen) atoms. The Morgan fingerprint density at radius 1 is 1.10 bits per heavy atom. The van der Waals surface area contributed by atoms with E-state index in [0.717, 1.165) is 17.5 Å². The van der Waals surface area contributed by atoms with Crippen molar-refractivity contribution < 1.29 is 4.79 Å². The van der Waals surface area contributed by atoms with E-state index < -0.39 is 0 Å². The highest BCUT2D eigenvalue weighted by atomic mass is 16.1. The molecule has 0 saturated heterocycles. The third-order valence-corrected chi connectivity index (χ3v) is 3.67. The fraction of sp³-hybridized carbons (Fsp3) is 0.389. The Balaban J connectivity index is 2.33. The van der Waals surface area contributed by atoms with Crippen molar-refractivity contribution in [3.8, 4) is 0 Å². The molecule has 0 fully saturated rings. The number of carbonyl (C=O) groups excluding carboxylic acids is 1. The third kappa shape index (κ3) is 3.61. The molecule has 0 saturated carbocycles. The van der Waals surface area contributed by atoms with Gasteiger partial charge in [-0.1, -0.05) is 44.2 Å². The summed E-state index contributed by atoms with van der Waals surface area (Å²) < 4.78 is 0. The van der Waals surface area contributed by atoms with Gasteiger partial charge in [0.25, 0.3) is 5.91 Å². The Labute approximate surface area is 127 Å². The predicted molar refractivity (Wildman–Crippen MR) is 88.9 cm³/mol. The van der Waals surface area contributed by atoms with Gasteiger partial charge in [-0.2, -0.15) is 0 Å². The normalized spacial score (nSPS) is 11.3. The van der Waals surface area contributed by atoms with Crippen molar-refractivity contribution in [2.24, 2.45) is 0 Å². The standard InChI is InChI=1S/C18H24N2O/c1-13(2)14-9-10-17(16-8-6-5-7-15(14)16)18(21)19-11-12-20(3)4/h5-10,13H,11-12H2,1-4H3,(H,19,21). The summed E-state index contributed by atoms with van der Waals surface area (Å²) in [5.74, 6) is 0.448. The van der Waals surface area contributed by atoms with Crippen LogP contribution < -0.4 is 5.32 Å². The fourth-order valence-corrected chi connectivity index (χ4v) is 2.51. The monoisotopic (exact) mass is 284 g/mol. The molecule has 0 bridgehead atoms. The Bertz CT molecular complexity index is 632. The molecule has 1 N–H and O–H groups in total. The second-order valence-electron chi connectivity index (χ2n) is 5.96. The quantitative estimate of drug-likeness (QED) is 0.914. The molecule has 0 aliphatic heterocycles. The van der Waals surface area contributed by atoms with Crippen molar-refractivity contribution in [2.75, 3.05) is 27.2 Å². The Morgan fingerprint density at radius 3 is 2.38 bits per heavy atom. The van der Waals surface area contributed by atoms with E-state index in [1.165, 1.54) is 10.9 Å². The van der Waals surface area contributed by atoms with Crippen molar-refractivity contribution in [3.63, 3.8) is 0 Å². The number of hydrogen-bond acceptors (Lipinski definition) is 2. The zero-order chi connectivity index (χ0) is 15.4. The van der Waals surface area contributed by atoms with Crippen molar-refractivity contribution in [1.29, 1.82) is 0 Å². The lowest BCUT2D eigenvalue weighted by atomic mass is 9.93. The first-order valence-electron chi connectivity index (χ1n) is 7.45. The summed E-state index contributed by atoms with van der Waals surface area (Å²) in [5.41, 5.74) is 2.05. The number of amides is 1. The summed E-state index contributed by atoms with van der Waals surface area (Å²) in [6.07, 6.45) is 0. The second kappa shape index (κ2) is 6.72. The van der Waals surface area contributed by atoms with Crippen LogP contribution in [-0.2, 0) is 0 Å². The molecule has 2 aromatic rings. The largest absolute Gasteiger partial charge is 0.351 e.